The molecular formula is C41H54F3N5O9S. The first-order chi connectivity index (χ1) is 27.7. The van der Waals surface area contributed by atoms with E-state index in [1.54, 1.807) is 19.1 Å². The number of alkyl halides is 2. The van der Waals surface area contributed by atoms with Gasteiger partial charge < -0.3 is 29.7 Å². The number of hydrogen-bond donors (Lipinski definition) is 3. The Morgan fingerprint density at radius 1 is 1.10 bits per heavy atom. The number of carbonyl (C=O) groups is 4. The summed E-state index contributed by atoms with van der Waals surface area (Å²) in [6, 6.07) is 1.69. The third-order valence-corrected chi connectivity index (χ3v) is 13.8. The van der Waals surface area contributed by atoms with Crippen LogP contribution in [0, 0.1) is 23.6 Å². The van der Waals surface area contributed by atoms with Gasteiger partial charge in [0.05, 0.1) is 18.4 Å². The number of rotatable bonds is 11. The molecule has 1 aromatic carbocycles. The van der Waals surface area contributed by atoms with Crippen molar-refractivity contribution in [2.24, 2.45) is 17.8 Å². The van der Waals surface area contributed by atoms with Gasteiger partial charge in [0.25, 0.3) is 11.8 Å². The quantitative estimate of drug-likeness (QED) is 0.243. The fraction of sp³-hybridized carbons (Fsp3) is 0.634. The number of aromatic nitrogens is 1. The van der Waals surface area contributed by atoms with E-state index in [0.29, 0.717) is 56.2 Å². The van der Waals surface area contributed by atoms with Gasteiger partial charge in [0.2, 0.25) is 27.7 Å². The lowest BCUT2D eigenvalue weighted by Gasteiger charge is -2.35. The second kappa shape index (κ2) is 16.8. The Balaban J connectivity index is 1.37. The molecule has 14 nitrogen and oxygen atoms in total. The maximum absolute atomic E-state index is 15.1. The summed E-state index contributed by atoms with van der Waals surface area (Å²) in [7, 11) is -3.98. The number of allylic oxidation sites excluding steroid dienone is 1. The van der Waals surface area contributed by atoms with Crippen LogP contribution in [0.25, 0.3) is 10.8 Å². The number of pyridine rings is 1. The van der Waals surface area contributed by atoms with Gasteiger partial charge in [0.15, 0.2) is 17.2 Å². The van der Waals surface area contributed by atoms with E-state index in [1.165, 1.54) is 23.2 Å². The first-order valence-electron chi connectivity index (χ1n) is 20.3. The van der Waals surface area contributed by atoms with Gasteiger partial charge >= 0.3 is 6.09 Å². The van der Waals surface area contributed by atoms with Crippen LogP contribution < -0.4 is 24.8 Å². The molecule has 4 aliphatic rings. The molecule has 1 aromatic heterocycles. The van der Waals surface area contributed by atoms with Crippen LogP contribution in [-0.2, 0) is 29.1 Å². The third kappa shape index (κ3) is 9.57. The molecule has 1 saturated heterocycles. The van der Waals surface area contributed by atoms with Crippen molar-refractivity contribution in [3.63, 3.8) is 0 Å². The third-order valence-electron chi connectivity index (χ3n) is 12.0. The van der Waals surface area contributed by atoms with Crippen molar-refractivity contribution in [2.75, 3.05) is 13.2 Å². The van der Waals surface area contributed by atoms with E-state index in [4.69, 9.17) is 14.2 Å². The first-order valence-corrected chi connectivity index (χ1v) is 21.8. The molecule has 2 saturated carbocycles. The Kier molecular flexibility index (Phi) is 12.5. The van der Waals surface area contributed by atoms with E-state index in [2.05, 4.69) is 20.3 Å². The van der Waals surface area contributed by atoms with E-state index < -0.39 is 92.0 Å². The molecule has 3 fully saturated rings. The van der Waals surface area contributed by atoms with Crippen LogP contribution in [-0.4, -0.2) is 95.8 Å². The van der Waals surface area contributed by atoms with Gasteiger partial charge in [-0.25, -0.2) is 31.4 Å². The van der Waals surface area contributed by atoms with Crippen molar-refractivity contribution in [1.29, 1.82) is 0 Å². The van der Waals surface area contributed by atoms with E-state index in [0.717, 1.165) is 13.8 Å². The summed E-state index contributed by atoms with van der Waals surface area (Å²) in [5.74, 6) is -7.50. The summed E-state index contributed by atoms with van der Waals surface area (Å²) in [6.07, 6.45) is 5.77. The van der Waals surface area contributed by atoms with E-state index in [9.17, 15) is 36.4 Å². The predicted octanol–water partition coefficient (Wildman–Crippen LogP) is 5.54. The Morgan fingerprint density at radius 3 is 2.49 bits per heavy atom. The highest BCUT2D eigenvalue weighted by atomic mass is 32.2. The van der Waals surface area contributed by atoms with E-state index >= 15 is 4.39 Å². The highest BCUT2D eigenvalue weighted by molar-refractivity contribution is 7.91. The second-order valence-electron chi connectivity index (χ2n) is 16.9. The van der Waals surface area contributed by atoms with Gasteiger partial charge in [-0.3, -0.25) is 19.1 Å². The number of halogens is 3. The summed E-state index contributed by atoms with van der Waals surface area (Å²) in [5.41, 5.74) is -3.88. The number of nitrogens with zero attached hydrogens (tertiary/aromatic N) is 2. The summed E-state index contributed by atoms with van der Waals surface area (Å²) >= 11 is 0. The summed E-state index contributed by atoms with van der Waals surface area (Å²) in [6.45, 7) is 8.26. The molecule has 2 aromatic rings. The minimum absolute atomic E-state index is 0.00138. The molecule has 3 heterocycles. The molecule has 2 aliphatic carbocycles. The van der Waals surface area contributed by atoms with E-state index in [-0.39, 0.29) is 43.5 Å². The number of hydrogen-bond acceptors (Lipinski definition) is 10. The molecule has 324 valence electrons. The van der Waals surface area contributed by atoms with Crippen molar-refractivity contribution in [2.45, 2.75) is 133 Å². The summed E-state index contributed by atoms with van der Waals surface area (Å²) in [4.78, 5) is 62.2. The van der Waals surface area contributed by atoms with Gasteiger partial charge in [0, 0.05) is 30.8 Å². The molecule has 59 heavy (non-hydrogen) atoms. The van der Waals surface area contributed by atoms with Gasteiger partial charge in [0.1, 0.15) is 23.7 Å². The molecule has 6 rings (SSSR count). The maximum atomic E-state index is 15.1. The van der Waals surface area contributed by atoms with Gasteiger partial charge in [-0.2, -0.15) is 0 Å². The predicted molar refractivity (Wildman–Crippen MR) is 211 cm³/mol. The van der Waals surface area contributed by atoms with Crippen molar-refractivity contribution in [3.8, 4) is 11.6 Å². The average Bonchev–Trinajstić information content (AvgIpc) is 4.08. The zero-order valence-corrected chi connectivity index (χ0v) is 35.0. The topological polar surface area (TPSA) is 182 Å². The van der Waals surface area contributed by atoms with E-state index in [1.807, 2.05) is 19.9 Å². The molecular weight excluding hydrogens is 796 g/mol. The number of nitrogens with one attached hydrogen (secondary N) is 3. The number of amides is 4. The van der Waals surface area contributed by atoms with Crippen LogP contribution in [0.15, 0.2) is 36.5 Å². The molecule has 0 bridgehead atoms. The Hall–Kier alpha value is -4.61. The van der Waals surface area contributed by atoms with Crippen LogP contribution >= 0.6 is 0 Å². The SMILES string of the molecule is CCOc1cc2ccnc(O[C@@H]3C[C@H]4C(=O)N[C@]5(C(=O)NS(=O)(=O)C6CC6)C[C@H]5C=CCC[C@@H](C)C[C@@H](CC)[C@H](NC(=O)OC(C)(C)C(C)(F)F)C(=O)N4C3)c2cc1F. The zero-order chi connectivity index (χ0) is 43.1. The lowest BCUT2D eigenvalue weighted by atomic mass is 9.85. The fourth-order valence-corrected chi connectivity index (χ4v) is 9.22. The normalized spacial score (nSPS) is 28.1. The van der Waals surface area contributed by atoms with Crippen molar-refractivity contribution < 1.29 is 55.0 Å². The van der Waals surface area contributed by atoms with Crippen molar-refractivity contribution in [1.82, 2.24) is 25.2 Å². The highest BCUT2D eigenvalue weighted by Gasteiger charge is 2.62. The lowest BCUT2D eigenvalue weighted by Crippen LogP contribution is -2.59. The van der Waals surface area contributed by atoms with Crippen LogP contribution in [0.3, 0.4) is 0 Å². The Labute approximate surface area is 342 Å². The monoisotopic (exact) mass is 849 g/mol. The number of carbonyl (C=O) groups excluding carboxylic acids is 4. The molecule has 7 atom stereocenters. The summed E-state index contributed by atoms with van der Waals surface area (Å²) < 4.78 is 88.9. The molecule has 2 aliphatic heterocycles. The number of benzene rings is 1. The Bertz CT molecular complexity index is 2090. The molecule has 0 spiro atoms. The molecule has 18 heteroatoms. The van der Waals surface area contributed by atoms with Crippen LogP contribution in [0.5, 0.6) is 11.6 Å². The van der Waals surface area contributed by atoms with Crippen molar-refractivity contribution >= 4 is 44.6 Å². The molecule has 4 amide bonds. The lowest BCUT2D eigenvalue weighted by molar-refractivity contribution is -0.152. The second-order valence-corrected chi connectivity index (χ2v) is 18.9. The number of fused-ring (bicyclic) bond motifs is 3. The molecule has 0 radical (unpaired) electrons. The molecule has 0 unspecified atom stereocenters. The fourth-order valence-electron chi connectivity index (χ4n) is 7.86. The highest BCUT2D eigenvalue weighted by Crippen LogP contribution is 2.46. The minimum Gasteiger partial charge on any atom is -0.491 e. The van der Waals surface area contributed by atoms with Crippen molar-refractivity contribution in [3.05, 3.63) is 42.4 Å². The molecule has 3 N–H and O–H groups in total. The van der Waals surface area contributed by atoms with Crippen LogP contribution in [0.1, 0.15) is 92.9 Å². The summed E-state index contributed by atoms with van der Waals surface area (Å²) in [5, 5.41) is 5.51. The number of sulfonamides is 1. The van der Waals surface area contributed by atoms with Gasteiger partial charge in [-0.15, -0.1) is 0 Å². The minimum atomic E-state index is -3.98. The number of alkyl carbamates (subject to hydrolysis) is 1. The van der Waals surface area contributed by atoms with Crippen LogP contribution in [0.4, 0.5) is 18.0 Å². The average molecular weight is 850 g/mol. The van der Waals surface area contributed by atoms with Gasteiger partial charge in [-0.05, 0) is 94.7 Å². The standard InChI is InChI=1S/C41H54F3N5O9S/c1-7-24-17-23(3)11-9-10-12-26-21-41(26,37(52)48-59(54,55)28-13-14-28)47-34(50)31-19-27(57-35-29-20-30(42)32(56-8-2)18-25(29)15-16-45-35)22-49(31)36(51)33(24)46-38(53)58-39(4,5)40(6,43)44/h10,12,15-16,18,20,23-24,26-28,31,33H,7-9,11,13-14,17,19,21-22H2,1-6H3,(H,46,53)(H,47,50)(H,48,52)/t23-,24-,26-,27-,31+,33+,41-/m1/s1. The zero-order valence-electron chi connectivity index (χ0n) is 34.2. The Morgan fingerprint density at radius 2 is 1.83 bits per heavy atom. The van der Waals surface area contributed by atoms with Gasteiger partial charge in [-0.1, -0.05) is 32.4 Å². The first kappa shape index (κ1) is 44.0. The number of ether oxygens (including phenoxy) is 3. The maximum Gasteiger partial charge on any atom is 0.408 e. The largest absolute Gasteiger partial charge is 0.491 e. The smallest absolute Gasteiger partial charge is 0.408 e. The van der Waals surface area contributed by atoms with Crippen LogP contribution in [0.2, 0.25) is 0 Å².